The smallest absolute Gasteiger partial charge is 0.0364 e. The number of halogens is 1. The van der Waals surface area contributed by atoms with Gasteiger partial charge in [0.2, 0.25) is 0 Å². The molecule has 0 aliphatic heterocycles. The van der Waals surface area contributed by atoms with E-state index in [1.54, 1.807) is 0 Å². The second-order valence-electron chi connectivity index (χ2n) is 5.64. The fraction of sp³-hybridized carbons (Fsp3) is 1.00. The van der Waals surface area contributed by atoms with Crippen molar-refractivity contribution >= 4 is 11.6 Å². The van der Waals surface area contributed by atoms with Crippen LogP contribution in [0.1, 0.15) is 64.7 Å². The van der Waals surface area contributed by atoms with Crippen LogP contribution in [0.3, 0.4) is 0 Å². The first-order chi connectivity index (χ1) is 7.31. The van der Waals surface area contributed by atoms with Crippen LogP contribution in [-0.4, -0.2) is 5.38 Å². The third-order valence-corrected chi connectivity index (χ3v) is 5.11. The van der Waals surface area contributed by atoms with Crippen LogP contribution in [0, 0.1) is 17.8 Å². The molecule has 0 aromatic heterocycles. The maximum atomic E-state index is 6.39. The van der Waals surface area contributed by atoms with Gasteiger partial charge in [-0.3, -0.25) is 0 Å². The molecule has 3 unspecified atom stereocenters. The average Bonchev–Trinajstić information content (AvgIpc) is 3.10. The summed E-state index contributed by atoms with van der Waals surface area (Å²) in [5.74, 6) is 2.90. The van der Waals surface area contributed by atoms with Gasteiger partial charge in [0.15, 0.2) is 0 Å². The topological polar surface area (TPSA) is 0 Å². The fourth-order valence-electron chi connectivity index (χ4n) is 3.27. The summed E-state index contributed by atoms with van der Waals surface area (Å²) in [6.45, 7) is 2.36. The van der Waals surface area contributed by atoms with Crippen molar-refractivity contribution < 1.29 is 0 Å². The molecule has 0 aromatic carbocycles. The second-order valence-corrected chi connectivity index (χ2v) is 6.20. The monoisotopic (exact) mass is 228 g/mol. The van der Waals surface area contributed by atoms with Crippen molar-refractivity contribution in [2.75, 3.05) is 0 Å². The van der Waals surface area contributed by atoms with E-state index in [9.17, 15) is 0 Å². The molecule has 2 fully saturated rings. The summed E-state index contributed by atoms with van der Waals surface area (Å²) in [6.07, 6.45) is 12.8. The highest BCUT2D eigenvalue weighted by Crippen LogP contribution is 2.41. The van der Waals surface area contributed by atoms with Crippen LogP contribution in [0.5, 0.6) is 0 Å². The van der Waals surface area contributed by atoms with Crippen molar-refractivity contribution in [2.45, 2.75) is 70.1 Å². The molecule has 0 aromatic rings. The number of hydrogen-bond donors (Lipinski definition) is 0. The van der Waals surface area contributed by atoms with Gasteiger partial charge in [0.1, 0.15) is 0 Å². The SMILES string of the molecule is CCC1CCCCC1CCC(Cl)C1CC1. The minimum absolute atomic E-state index is 0.504. The van der Waals surface area contributed by atoms with Gasteiger partial charge in [0.25, 0.3) is 0 Å². The van der Waals surface area contributed by atoms with Crippen LogP contribution in [0.2, 0.25) is 0 Å². The van der Waals surface area contributed by atoms with Crippen LogP contribution in [0.25, 0.3) is 0 Å². The summed E-state index contributed by atoms with van der Waals surface area (Å²) >= 11 is 6.39. The van der Waals surface area contributed by atoms with Crippen molar-refractivity contribution in [3.05, 3.63) is 0 Å². The lowest BCUT2D eigenvalue weighted by molar-refractivity contribution is 0.213. The van der Waals surface area contributed by atoms with Crippen LogP contribution < -0.4 is 0 Å². The third-order valence-electron chi connectivity index (χ3n) is 4.54. The lowest BCUT2D eigenvalue weighted by Crippen LogP contribution is -2.20. The van der Waals surface area contributed by atoms with E-state index in [0.717, 1.165) is 17.8 Å². The van der Waals surface area contributed by atoms with E-state index in [2.05, 4.69) is 6.92 Å². The zero-order chi connectivity index (χ0) is 10.7. The first-order valence-corrected chi connectivity index (χ1v) is 7.39. The quantitative estimate of drug-likeness (QED) is 0.581. The van der Waals surface area contributed by atoms with Crippen molar-refractivity contribution in [2.24, 2.45) is 17.8 Å². The predicted molar refractivity (Wildman–Crippen MR) is 67.3 cm³/mol. The number of rotatable bonds is 5. The molecule has 2 saturated carbocycles. The van der Waals surface area contributed by atoms with Crippen molar-refractivity contribution in [3.63, 3.8) is 0 Å². The molecular weight excluding hydrogens is 204 g/mol. The second kappa shape index (κ2) is 5.57. The largest absolute Gasteiger partial charge is 0.123 e. The molecule has 0 N–H and O–H groups in total. The molecular formula is C14H25Cl. The van der Waals surface area contributed by atoms with E-state index in [-0.39, 0.29) is 0 Å². The van der Waals surface area contributed by atoms with Gasteiger partial charge in [0.05, 0.1) is 0 Å². The lowest BCUT2D eigenvalue weighted by Gasteiger charge is -2.31. The Morgan fingerprint density at radius 3 is 2.33 bits per heavy atom. The number of alkyl halides is 1. The molecule has 0 saturated heterocycles. The molecule has 1 heteroatoms. The van der Waals surface area contributed by atoms with Gasteiger partial charge in [-0.25, -0.2) is 0 Å². The normalized spacial score (nSPS) is 34.0. The van der Waals surface area contributed by atoms with Gasteiger partial charge < -0.3 is 0 Å². The molecule has 2 aliphatic carbocycles. The Bertz CT molecular complexity index is 186. The van der Waals surface area contributed by atoms with Gasteiger partial charge in [-0.15, -0.1) is 11.6 Å². The van der Waals surface area contributed by atoms with E-state index in [0.29, 0.717) is 5.38 Å². The molecule has 2 aliphatic rings. The molecule has 88 valence electrons. The molecule has 0 spiro atoms. The highest BCUT2D eigenvalue weighted by atomic mass is 35.5. The Morgan fingerprint density at radius 2 is 1.73 bits per heavy atom. The fourth-order valence-corrected chi connectivity index (χ4v) is 3.65. The van der Waals surface area contributed by atoms with Gasteiger partial charge in [0, 0.05) is 5.38 Å². The van der Waals surface area contributed by atoms with E-state index < -0.39 is 0 Å². The van der Waals surface area contributed by atoms with Crippen molar-refractivity contribution in [1.29, 1.82) is 0 Å². The molecule has 0 amide bonds. The highest BCUT2D eigenvalue weighted by Gasteiger charge is 2.31. The van der Waals surface area contributed by atoms with E-state index in [4.69, 9.17) is 11.6 Å². The van der Waals surface area contributed by atoms with Crippen LogP contribution in [0.15, 0.2) is 0 Å². The van der Waals surface area contributed by atoms with E-state index in [1.807, 2.05) is 0 Å². The van der Waals surface area contributed by atoms with Gasteiger partial charge in [-0.05, 0) is 43.4 Å². The summed E-state index contributed by atoms with van der Waals surface area (Å²) in [7, 11) is 0. The predicted octanol–water partition coefficient (Wildman–Crippen LogP) is 5.00. The average molecular weight is 229 g/mol. The van der Waals surface area contributed by atoms with Gasteiger partial charge in [-0.2, -0.15) is 0 Å². The van der Waals surface area contributed by atoms with E-state index in [1.165, 1.54) is 57.8 Å². The molecule has 2 rings (SSSR count). The Kier molecular flexibility index (Phi) is 4.37. The first-order valence-electron chi connectivity index (χ1n) is 6.95. The zero-order valence-corrected chi connectivity index (χ0v) is 10.8. The zero-order valence-electron chi connectivity index (χ0n) is 10.1. The standard InChI is InChI=1S/C14H25Cl/c1-2-11-5-3-4-6-12(11)9-10-14(15)13-7-8-13/h11-14H,2-10H2,1H3. The number of hydrogen-bond acceptors (Lipinski definition) is 0. The minimum atomic E-state index is 0.504. The Labute approximate surface area is 99.8 Å². The molecule has 3 atom stereocenters. The van der Waals surface area contributed by atoms with Crippen molar-refractivity contribution in [1.82, 2.24) is 0 Å². The van der Waals surface area contributed by atoms with Crippen LogP contribution in [-0.2, 0) is 0 Å². The Hall–Kier alpha value is 0.290. The van der Waals surface area contributed by atoms with Crippen LogP contribution >= 0.6 is 11.6 Å². The van der Waals surface area contributed by atoms with Crippen molar-refractivity contribution in [3.8, 4) is 0 Å². The van der Waals surface area contributed by atoms with Crippen LogP contribution in [0.4, 0.5) is 0 Å². The molecule has 0 bridgehead atoms. The Morgan fingerprint density at radius 1 is 1.07 bits per heavy atom. The molecule has 15 heavy (non-hydrogen) atoms. The molecule has 0 heterocycles. The van der Waals surface area contributed by atoms with E-state index >= 15 is 0 Å². The summed E-state index contributed by atoms with van der Waals surface area (Å²) in [5.41, 5.74) is 0. The summed E-state index contributed by atoms with van der Waals surface area (Å²) in [6, 6.07) is 0. The summed E-state index contributed by atoms with van der Waals surface area (Å²) < 4.78 is 0. The molecule has 0 radical (unpaired) electrons. The maximum absolute atomic E-state index is 6.39. The summed E-state index contributed by atoms with van der Waals surface area (Å²) in [4.78, 5) is 0. The van der Waals surface area contributed by atoms with Gasteiger partial charge >= 0.3 is 0 Å². The Balaban J connectivity index is 1.71. The maximum Gasteiger partial charge on any atom is 0.0364 e. The lowest BCUT2D eigenvalue weighted by atomic mass is 9.75. The molecule has 0 nitrogen and oxygen atoms in total. The highest BCUT2D eigenvalue weighted by molar-refractivity contribution is 6.20. The minimum Gasteiger partial charge on any atom is -0.123 e. The van der Waals surface area contributed by atoms with Gasteiger partial charge in [-0.1, -0.05) is 39.0 Å². The first kappa shape index (κ1) is 11.8. The third kappa shape index (κ3) is 3.37. The summed E-state index contributed by atoms with van der Waals surface area (Å²) in [5, 5.41) is 0.504.